The molecule has 0 aromatic heterocycles. The molecule has 0 saturated carbocycles. The maximum atomic E-state index is 10.2. The highest BCUT2D eigenvalue weighted by Crippen LogP contribution is 1.89. The lowest BCUT2D eigenvalue weighted by molar-refractivity contribution is -0.137. The molecular formula is C8H18N2O2. The first kappa shape index (κ1) is 11.4. The largest absolute Gasteiger partial charge is 0.481 e. The van der Waals surface area contributed by atoms with Crippen LogP contribution in [0.2, 0.25) is 0 Å². The van der Waals surface area contributed by atoms with Crippen LogP contribution in [0.5, 0.6) is 0 Å². The normalized spacial score (nSPS) is 10.6. The lowest BCUT2D eigenvalue weighted by Crippen LogP contribution is -2.25. The Morgan fingerprint density at radius 2 is 2.17 bits per heavy atom. The van der Waals surface area contributed by atoms with Crippen LogP contribution in [0.25, 0.3) is 0 Å². The molecule has 72 valence electrons. The van der Waals surface area contributed by atoms with Gasteiger partial charge < -0.3 is 15.3 Å². The van der Waals surface area contributed by atoms with Gasteiger partial charge >= 0.3 is 5.97 Å². The van der Waals surface area contributed by atoms with Gasteiger partial charge in [-0.05, 0) is 33.6 Å². The van der Waals surface area contributed by atoms with E-state index in [0.29, 0.717) is 6.54 Å². The van der Waals surface area contributed by atoms with Crippen molar-refractivity contribution in [3.8, 4) is 0 Å². The Bertz CT molecular complexity index is 128. The quantitative estimate of drug-likeness (QED) is 0.533. The summed E-state index contributed by atoms with van der Waals surface area (Å²) in [4.78, 5) is 12.2. The topological polar surface area (TPSA) is 52.6 Å². The molecule has 0 radical (unpaired) electrons. The van der Waals surface area contributed by atoms with Gasteiger partial charge in [-0.3, -0.25) is 4.79 Å². The third kappa shape index (κ3) is 7.50. The van der Waals surface area contributed by atoms with Gasteiger partial charge in [0.1, 0.15) is 0 Å². The molecule has 0 saturated heterocycles. The minimum absolute atomic E-state index is 0.232. The van der Waals surface area contributed by atoms with E-state index in [-0.39, 0.29) is 6.42 Å². The Labute approximate surface area is 73.6 Å². The monoisotopic (exact) mass is 174 g/mol. The second-order valence-corrected chi connectivity index (χ2v) is 2.90. The number of carbonyl (C=O) groups is 1. The van der Waals surface area contributed by atoms with Crippen molar-refractivity contribution in [3.05, 3.63) is 0 Å². The molecule has 0 heterocycles. The molecule has 0 amide bonds. The number of carboxylic acid groups (broad SMARTS) is 1. The molecule has 0 aliphatic carbocycles. The van der Waals surface area contributed by atoms with Crippen molar-refractivity contribution in [2.45, 2.75) is 12.8 Å². The minimum atomic E-state index is -0.726. The number of aliphatic carboxylic acids is 1. The fourth-order valence-corrected chi connectivity index (χ4v) is 0.924. The van der Waals surface area contributed by atoms with Gasteiger partial charge in [-0.2, -0.15) is 0 Å². The third-order valence-corrected chi connectivity index (χ3v) is 1.67. The van der Waals surface area contributed by atoms with Gasteiger partial charge in [0.05, 0.1) is 6.42 Å². The molecule has 0 aromatic carbocycles. The maximum absolute atomic E-state index is 10.2. The summed E-state index contributed by atoms with van der Waals surface area (Å²) in [5, 5.41) is 11.4. The maximum Gasteiger partial charge on any atom is 0.304 e. The van der Waals surface area contributed by atoms with Crippen LogP contribution >= 0.6 is 0 Å². The fourth-order valence-electron chi connectivity index (χ4n) is 0.924. The zero-order chi connectivity index (χ0) is 9.40. The summed E-state index contributed by atoms with van der Waals surface area (Å²) in [5.74, 6) is -0.726. The summed E-state index contributed by atoms with van der Waals surface area (Å²) < 4.78 is 0. The average molecular weight is 174 g/mol. The predicted octanol–water partition coefficient (Wildman–Crippen LogP) is 0.00240. The minimum Gasteiger partial charge on any atom is -0.481 e. The van der Waals surface area contributed by atoms with Gasteiger partial charge in [-0.15, -0.1) is 0 Å². The lowest BCUT2D eigenvalue weighted by Gasteiger charge is -2.14. The van der Waals surface area contributed by atoms with Crippen molar-refractivity contribution < 1.29 is 9.90 Å². The van der Waals surface area contributed by atoms with E-state index in [9.17, 15) is 4.79 Å². The van der Waals surface area contributed by atoms with E-state index in [4.69, 9.17) is 5.11 Å². The van der Waals surface area contributed by atoms with E-state index in [1.165, 1.54) is 0 Å². The standard InChI is InChI=1S/C8H18N2O2/c1-9-5-3-6-10(2)7-4-8(11)12/h9H,3-7H2,1-2H3,(H,11,12). The molecule has 0 aromatic rings. The number of nitrogens with zero attached hydrogens (tertiary/aromatic N) is 1. The van der Waals surface area contributed by atoms with Crippen LogP contribution in [-0.4, -0.2) is 49.7 Å². The summed E-state index contributed by atoms with van der Waals surface area (Å²) in [5.41, 5.74) is 0. The smallest absolute Gasteiger partial charge is 0.304 e. The first-order chi connectivity index (χ1) is 5.66. The van der Waals surface area contributed by atoms with E-state index >= 15 is 0 Å². The molecule has 0 spiro atoms. The number of rotatable bonds is 7. The second kappa shape index (κ2) is 7.06. The molecule has 4 nitrogen and oxygen atoms in total. The van der Waals surface area contributed by atoms with Crippen LogP contribution in [0.15, 0.2) is 0 Å². The van der Waals surface area contributed by atoms with Crippen LogP contribution in [0.4, 0.5) is 0 Å². The Hall–Kier alpha value is -0.610. The number of carboxylic acids is 1. The van der Waals surface area contributed by atoms with Gasteiger partial charge in [0, 0.05) is 6.54 Å². The molecular weight excluding hydrogens is 156 g/mol. The van der Waals surface area contributed by atoms with Crippen molar-refractivity contribution in [2.75, 3.05) is 33.7 Å². The zero-order valence-electron chi connectivity index (χ0n) is 7.84. The number of hydrogen-bond donors (Lipinski definition) is 2. The first-order valence-electron chi connectivity index (χ1n) is 4.21. The first-order valence-corrected chi connectivity index (χ1v) is 4.21. The molecule has 0 aliphatic rings. The van der Waals surface area contributed by atoms with Gasteiger partial charge in [-0.1, -0.05) is 0 Å². The van der Waals surface area contributed by atoms with Crippen molar-refractivity contribution in [1.82, 2.24) is 10.2 Å². The molecule has 4 heteroatoms. The Kier molecular flexibility index (Phi) is 6.70. The van der Waals surface area contributed by atoms with Crippen molar-refractivity contribution in [1.29, 1.82) is 0 Å². The van der Waals surface area contributed by atoms with E-state index in [1.54, 1.807) is 0 Å². The van der Waals surface area contributed by atoms with Crippen LogP contribution in [-0.2, 0) is 4.79 Å². The molecule has 0 unspecified atom stereocenters. The van der Waals surface area contributed by atoms with E-state index in [1.807, 2.05) is 19.0 Å². The van der Waals surface area contributed by atoms with Crippen LogP contribution < -0.4 is 5.32 Å². The Morgan fingerprint density at radius 3 is 2.67 bits per heavy atom. The van der Waals surface area contributed by atoms with Gasteiger partial charge in [0.25, 0.3) is 0 Å². The number of hydrogen-bond acceptors (Lipinski definition) is 3. The van der Waals surface area contributed by atoms with Crippen molar-refractivity contribution in [2.24, 2.45) is 0 Å². The van der Waals surface area contributed by atoms with Crippen LogP contribution in [0.1, 0.15) is 12.8 Å². The van der Waals surface area contributed by atoms with Crippen LogP contribution in [0.3, 0.4) is 0 Å². The van der Waals surface area contributed by atoms with Gasteiger partial charge in [0.2, 0.25) is 0 Å². The summed E-state index contributed by atoms with van der Waals surface area (Å²) in [6.45, 7) is 2.57. The molecule has 0 fully saturated rings. The zero-order valence-corrected chi connectivity index (χ0v) is 7.84. The van der Waals surface area contributed by atoms with Gasteiger partial charge in [0.15, 0.2) is 0 Å². The average Bonchev–Trinajstić information content (AvgIpc) is 2.01. The van der Waals surface area contributed by atoms with Crippen molar-refractivity contribution in [3.63, 3.8) is 0 Å². The number of nitrogens with one attached hydrogen (secondary N) is 1. The summed E-state index contributed by atoms with van der Waals surface area (Å²) >= 11 is 0. The molecule has 0 bridgehead atoms. The Balaban J connectivity index is 3.21. The summed E-state index contributed by atoms with van der Waals surface area (Å²) in [7, 11) is 3.86. The van der Waals surface area contributed by atoms with E-state index in [0.717, 1.165) is 19.5 Å². The highest BCUT2D eigenvalue weighted by molar-refractivity contribution is 5.66. The summed E-state index contributed by atoms with van der Waals surface area (Å²) in [6, 6.07) is 0. The fraction of sp³-hybridized carbons (Fsp3) is 0.875. The van der Waals surface area contributed by atoms with Gasteiger partial charge in [-0.25, -0.2) is 0 Å². The highest BCUT2D eigenvalue weighted by atomic mass is 16.4. The molecule has 0 aliphatic heterocycles. The third-order valence-electron chi connectivity index (χ3n) is 1.67. The Morgan fingerprint density at radius 1 is 1.50 bits per heavy atom. The van der Waals surface area contributed by atoms with Crippen molar-refractivity contribution >= 4 is 5.97 Å². The second-order valence-electron chi connectivity index (χ2n) is 2.90. The molecule has 0 rings (SSSR count). The molecule has 12 heavy (non-hydrogen) atoms. The van der Waals surface area contributed by atoms with E-state index in [2.05, 4.69) is 5.32 Å². The summed E-state index contributed by atoms with van der Waals surface area (Å²) in [6.07, 6.45) is 1.29. The van der Waals surface area contributed by atoms with E-state index < -0.39 is 5.97 Å². The SMILES string of the molecule is CNCCCN(C)CCC(=O)O. The van der Waals surface area contributed by atoms with Crippen LogP contribution in [0, 0.1) is 0 Å². The molecule has 0 atom stereocenters. The predicted molar refractivity (Wildman–Crippen MR) is 48.3 cm³/mol. The highest BCUT2D eigenvalue weighted by Gasteiger charge is 2.00. The lowest BCUT2D eigenvalue weighted by atomic mass is 10.3. The molecule has 2 N–H and O–H groups in total.